The summed E-state index contributed by atoms with van der Waals surface area (Å²) in [6.07, 6.45) is -3.17. The summed E-state index contributed by atoms with van der Waals surface area (Å²) >= 11 is 0. The molecule has 0 aromatic heterocycles. The zero-order valence-electron chi connectivity index (χ0n) is 20.2. The standard InChI is InChI=1S/C25H32F3N3O3S/c1-4-34-23-11-6-5-10-22(23)29-24(32)17-30-14-12-20(13-15-30)31(18(2)3)35(33)21-9-7-8-19(16-21)25(26,27)28/h5-11,16,18,20H,4,12-15,17H2,1-3H3,(H,29,32). The van der Waals surface area contributed by atoms with E-state index in [1.165, 1.54) is 12.1 Å². The molecule has 192 valence electrons. The van der Waals surface area contributed by atoms with Crippen molar-refractivity contribution >= 4 is 22.6 Å². The zero-order valence-corrected chi connectivity index (χ0v) is 21.0. The first-order chi connectivity index (χ1) is 16.6. The predicted molar refractivity (Wildman–Crippen MR) is 131 cm³/mol. The van der Waals surface area contributed by atoms with Gasteiger partial charge in [-0.05, 0) is 63.9 Å². The molecule has 1 unspecified atom stereocenters. The van der Waals surface area contributed by atoms with Gasteiger partial charge in [-0.3, -0.25) is 9.69 Å². The first-order valence-electron chi connectivity index (χ1n) is 11.7. The van der Waals surface area contributed by atoms with Gasteiger partial charge in [0.05, 0.1) is 29.3 Å². The summed E-state index contributed by atoms with van der Waals surface area (Å²) in [5.74, 6) is 0.468. The molecule has 0 aliphatic carbocycles. The number of likely N-dealkylation sites (tertiary alicyclic amines) is 1. The van der Waals surface area contributed by atoms with Gasteiger partial charge in [0.25, 0.3) is 0 Å². The van der Waals surface area contributed by atoms with Crippen molar-refractivity contribution in [3.8, 4) is 5.75 Å². The van der Waals surface area contributed by atoms with Crippen LogP contribution in [0.3, 0.4) is 0 Å². The molecule has 0 bridgehead atoms. The molecule has 1 heterocycles. The molecule has 1 atom stereocenters. The number of para-hydroxylation sites is 2. The molecule has 0 radical (unpaired) electrons. The molecule has 3 rings (SSSR count). The smallest absolute Gasteiger partial charge is 0.416 e. The minimum Gasteiger partial charge on any atom is -0.492 e. The average molecular weight is 512 g/mol. The van der Waals surface area contributed by atoms with E-state index in [2.05, 4.69) is 5.32 Å². The number of carbonyl (C=O) groups excluding carboxylic acids is 1. The van der Waals surface area contributed by atoms with Crippen LogP contribution in [0.1, 0.15) is 39.2 Å². The van der Waals surface area contributed by atoms with Gasteiger partial charge in [-0.1, -0.05) is 18.2 Å². The number of ether oxygens (including phenoxy) is 1. The molecular weight excluding hydrogens is 479 g/mol. The third kappa shape index (κ3) is 7.28. The van der Waals surface area contributed by atoms with Crippen LogP contribution in [0.25, 0.3) is 0 Å². The van der Waals surface area contributed by atoms with Crippen LogP contribution >= 0.6 is 0 Å². The number of amides is 1. The summed E-state index contributed by atoms with van der Waals surface area (Å²) in [5, 5.41) is 2.90. The molecule has 6 nitrogen and oxygen atoms in total. The van der Waals surface area contributed by atoms with Crippen molar-refractivity contribution < 1.29 is 26.9 Å². The van der Waals surface area contributed by atoms with Gasteiger partial charge in [-0.25, -0.2) is 8.51 Å². The first kappa shape index (κ1) is 27.2. The molecule has 1 fully saturated rings. The quantitative estimate of drug-likeness (QED) is 0.518. The van der Waals surface area contributed by atoms with Crippen molar-refractivity contribution in [1.82, 2.24) is 9.21 Å². The van der Waals surface area contributed by atoms with Crippen molar-refractivity contribution in [2.75, 3.05) is 31.6 Å². The molecule has 0 spiro atoms. The van der Waals surface area contributed by atoms with E-state index >= 15 is 0 Å². The summed E-state index contributed by atoms with van der Waals surface area (Å²) in [6, 6.07) is 11.8. The number of rotatable bonds is 9. The van der Waals surface area contributed by atoms with Crippen molar-refractivity contribution in [1.29, 1.82) is 0 Å². The molecule has 2 aromatic carbocycles. The normalized spacial score (nSPS) is 16.5. The van der Waals surface area contributed by atoms with E-state index in [4.69, 9.17) is 4.74 Å². The topological polar surface area (TPSA) is 61.9 Å². The highest BCUT2D eigenvalue weighted by Crippen LogP contribution is 2.32. The minimum atomic E-state index is -4.49. The van der Waals surface area contributed by atoms with Crippen molar-refractivity contribution in [3.63, 3.8) is 0 Å². The third-order valence-electron chi connectivity index (χ3n) is 5.81. The van der Waals surface area contributed by atoms with E-state index in [0.717, 1.165) is 12.1 Å². The molecule has 1 aliphatic heterocycles. The Balaban J connectivity index is 1.60. The number of nitrogens with zero attached hydrogens (tertiary/aromatic N) is 2. The molecule has 1 amide bonds. The van der Waals surface area contributed by atoms with E-state index in [0.29, 0.717) is 44.0 Å². The molecule has 1 N–H and O–H groups in total. The number of halogens is 3. The van der Waals surface area contributed by atoms with Crippen LogP contribution in [0.15, 0.2) is 53.4 Å². The fraction of sp³-hybridized carbons (Fsp3) is 0.480. The van der Waals surface area contributed by atoms with Crippen LogP contribution in [0, 0.1) is 0 Å². The van der Waals surface area contributed by atoms with E-state index in [-0.39, 0.29) is 29.4 Å². The number of hydrogen-bond acceptors (Lipinski definition) is 4. The van der Waals surface area contributed by atoms with Crippen molar-refractivity contribution in [2.24, 2.45) is 0 Å². The third-order valence-corrected chi connectivity index (χ3v) is 7.57. The maximum atomic E-state index is 13.3. The number of carbonyl (C=O) groups is 1. The summed E-state index contributed by atoms with van der Waals surface area (Å²) in [7, 11) is -1.73. The van der Waals surface area contributed by atoms with Crippen molar-refractivity contribution in [2.45, 2.75) is 56.8 Å². The highest BCUT2D eigenvalue weighted by atomic mass is 32.2. The Morgan fingerprint density at radius 1 is 1.17 bits per heavy atom. The number of hydrogen-bond donors (Lipinski definition) is 1. The molecule has 1 aliphatic rings. The number of anilines is 1. The number of piperidine rings is 1. The highest BCUT2D eigenvalue weighted by molar-refractivity contribution is 7.82. The maximum Gasteiger partial charge on any atom is 0.416 e. The summed E-state index contributed by atoms with van der Waals surface area (Å²) in [6.45, 7) is 7.61. The van der Waals surface area contributed by atoms with Gasteiger partial charge in [0.2, 0.25) is 5.91 Å². The summed E-state index contributed by atoms with van der Waals surface area (Å²) in [5.41, 5.74) is -0.185. The Hall–Kier alpha value is -2.43. The lowest BCUT2D eigenvalue weighted by Crippen LogP contribution is -2.49. The maximum absolute atomic E-state index is 13.3. The monoisotopic (exact) mass is 511 g/mol. The van der Waals surface area contributed by atoms with Crippen LogP contribution in [0.4, 0.5) is 18.9 Å². The molecule has 1 saturated heterocycles. The predicted octanol–water partition coefficient (Wildman–Crippen LogP) is 4.94. The second kappa shape index (κ2) is 12.0. The Bertz CT molecular complexity index is 1020. The van der Waals surface area contributed by atoms with Gasteiger partial charge in [-0.2, -0.15) is 13.2 Å². The Kier molecular flexibility index (Phi) is 9.32. The van der Waals surface area contributed by atoms with Gasteiger partial charge in [0.1, 0.15) is 16.7 Å². The SMILES string of the molecule is CCOc1ccccc1NC(=O)CN1CCC(N(C(C)C)S(=O)c2cccc(C(F)(F)F)c2)CC1. The van der Waals surface area contributed by atoms with Gasteiger partial charge in [0, 0.05) is 25.2 Å². The molecular formula is C25H32F3N3O3S. The van der Waals surface area contributed by atoms with Crippen LogP contribution < -0.4 is 10.1 Å². The molecule has 0 saturated carbocycles. The Morgan fingerprint density at radius 2 is 1.86 bits per heavy atom. The number of nitrogens with one attached hydrogen (secondary N) is 1. The van der Waals surface area contributed by atoms with Crippen LogP contribution in [0.2, 0.25) is 0 Å². The van der Waals surface area contributed by atoms with E-state index < -0.39 is 22.7 Å². The number of alkyl halides is 3. The van der Waals surface area contributed by atoms with Gasteiger partial charge in [0.15, 0.2) is 0 Å². The van der Waals surface area contributed by atoms with Gasteiger partial charge in [-0.15, -0.1) is 0 Å². The summed E-state index contributed by atoms with van der Waals surface area (Å²) < 4.78 is 60.0. The second-order valence-corrected chi connectivity index (χ2v) is 10.1. The lowest BCUT2D eigenvalue weighted by molar-refractivity contribution is -0.137. The van der Waals surface area contributed by atoms with E-state index in [1.54, 1.807) is 16.4 Å². The van der Waals surface area contributed by atoms with E-state index in [1.807, 2.05) is 37.8 Å². The van der Waals surface area contributed by atoms with Crippen LogP contribution in [-0.2, 0) is 22.0 Å². The van der Waals surface area contributed by atoms with Crippen LogP contribution in [-0.4, -0.2) is 57.6 Å². The van der Waals surface area contributed by atoms with E-state index in [9.17, 15) is 22.2 Å². The first-order valence-corrected chi connectivity index (χ1v) is 12.8. The fourth-order valence-electron chi connectivity index (χ4n) is 4.23. The second-order valence-electron chi connectivity index (χ2n) is 8.71. The molecule has 2 aromatic rings. The Labute approximate surface area is 207 Å². The molecule has 35 heavy (non-hydrogen) atoms. The van der Waals surface area contributed by atoms with Crippen molar-refractivity contribution in [3.05, 3.63) is 54.1 Å². The van der Waals surface area contributed by atoms with Gasteiger partial charge < -0.3 is 10.1 Å². The largest absolute Gasteiger partial charge is 0.492 e. The molecule has 10 heteroatoms. The lowest BCUT2D eigenvalue weighted by Gasteiger charge is -2.39. The highest BCUT2D eigenvalue weighted by Gasteiger charge is 2.34. The lowest BCUT2D eigenvalue weighted by atomic mass is 10.0. The summed E-state index contributed by atoms with van der Waals surface area (Å²) in [4.78, 5) is 14.8. The fourth-order valence-corrected chi connectivity index (χ4v) is 5.76. The zero-order chi connectivity index (χ0) is 25.6. The van der Waals surface area contributed by atoms with Gasteiger partial charge >= 0.3 is 6.18 Å². The number of benzene rings is 2. The average Bonchev–Trinajstić information content (AvgIpc) is 2.81. The minimum absolute atomic E-state index is 0.0663. The van der Waals surface area contributed by atoms with Crippen LogP contribution in [0.5, 0.6) is 5.75 Å². The Morgan fingerprint density at radius 3 is 2.49 bits per heavy atom.